The number of nitrogens with zero attached hydrogens (tertiary/aromatic N) is 1. The van der Waals surface area contributed by atoms with E-state index in [0.717, 1.165) is 18.2 Å². The van der Waals surface area contributed by atoms with Crippen molar-refractivity contribution in [2.24, 2.45) is 0 Å². The maximum Gasteiger partial charge on any atom is 0.328 e. The molecule has 1 fully saturated rings. The molecule has 5 heteroatoms. The van der Waals surface area contributed by atoms with Gasteiger partial charge in [0.25, 0.3) is 0 Å². The molecule has 1 aliphatic rings. The lowest BCUT2D eigenvalue weighted by atomic mass is 10.1. The second-order valence-corrected chi connectivity index (χ2v) is 5.26. The number of carboxylic acid groups (broad SMARTS) is 1. The minimum atomic E-state index is -1.04. The Balaban J connectivity index is 2.08. The summed E-state index contributed by atoms with van der Waals surface area (Å²) >= 11 is 0. The van der Waals surface area contributed by atoms with E-state index >= 15 is 0 Å². The molecule has 1 saturated carbocycles. The third-order valence-electron chi connectivity index (χ3n) is 3.43. The Bertz CT molecular complexity index is 526. The summed E-state index contributed by atoms with van der Waals surface area (Å²) in [6.07, 6.45) is 4.77. The van der Waals surface area contributed by atoms with Crippen molar-refractivity contribution < 1.29 is 19.0 Å². The highest BCUT2D eigenvalue weighted by atomic mass is 19.1. The van der Waals surface area contributed by atoms with E-state index in [2.05, 4.69) is 4.90 Å². The molecule has 1 aromatic carbocycles. The molecule has 2 rings (SSSR count). The standard InChI is InChI=1S/C16H20FNO3/c1-21-7-6-18(15-3-4-15)11-13-8-12(2-5-16(19)20)9-14(17)10-13/h2,5,8-10,15H,3-4,6-7,11H2,1H3,(H,19,20). The molecule has 21 heavy (non-hydrogen) atoms. The number of benzene rings is 1. The Morgan fingerprint density at radius 2 is 2.24 bits per heavy atom. The van der Waals surface area contributed by atoms with Crippen LogP contribution in [0.15, 0.2) is 24.3 Å². The number of carboxylic acids is 1. The molecule has 0 atom stereocenters. The molecule has 0 aromatic heterocycles. The number of rotatable bonds is 8. The number of methoxy groups -OCH3 is 1. The molecule has 0 heterocycles. The van der Waals surface area contributed by atoms with Gasteiger partial charge in [-0.2, -0.15) is 0 Å². The van der Waals surface area contributed by atoms with Crippen LogP contribution in [-0.4, -0.2) is 42.3 Å². The summed E-state index contributed by atoms with van der Waals surface area (Å²) in [6, 6.07) is 5.21. The second-order valence-electron chi connectivity index (χ2n) is 5.26. The minimum absolute atomic E-state index is 0.347. The molecule has 4 nitrogen and oxygen atoms in total. The Hall–Kier alpha value is -1.72. The van der Waals surface area contributed by atoms with E-state index < -0.39 is 5.97 Å². The van der Waals surface area contributed by atoms with Gasteiger partial charge in [0.05, 0.1) is 6.61 Å². The fourth-order valence-corrected chi connectivity index (χ4v) is 2.30. The lowest BCUT2D eigenvalue weighted by Gasteiger charge is -2.21. The number of ether oxygens (including phenoxy) is 1. The number of carbonyl (C=O) groups is 1. The zero-order valence-electron chi connectivity index (χ0n) is 12.1. The summed E-state index contributed by atoms with van der Waals surface area (Å²) in [5.74, 6) is -1.39. The van der Waals surface area contributed by atoms with Gasteiger partial charge in [0.2, 0.25) is 0 Å². The van der Waals surface area contributed by atoms with E-state index in [1.54, 1.807) is 7.11 Å². The number of hydrogen-bond donors (Lipinski definition) is 1. The van der Waals surface area contributed by atoms with Crippen molar-refractivity contribution in [3.8, 4) is 0 Å². The van der Waals surface area contributed by atoms with Gasteiger partial charge in [0, 0.05) is 32.3 Å². The van der Waals surface area contributed by atoms with Crippen LogP contribution < -0.4 is 0 Å². The second kappa shape index (κ2) is 7.33. The van der Waals surface area contributed by atoms with Gasteiger partial charge in [-0.1, -0.05) is 6.07 Å². The normalized spacial score (nSPS) is 15.0. The Morgan fingerprint density at radius 1 is 1.48 bits per heavy atom. The highest BCUT2D eigenvalue weighted by Gasteiger charge is 2.28. The maximum atomic E-state index is 13.6. The van der Waals surface area contributed by atoms with Crippen molar-refractivity contribution >= 4 is 12.0 Å². The van der Waals surface area contributed by atoms with Crippen LogP contribution in [0.1, 0.15) is 24.0 Å². The van der Waals surface area contributed by atoms with Gasteiger partial charge in [0.1, 0.15) is 5.82 Å². The van der Waals surface area contributed by atoms with E-state index in [1.807, 2.05) is 6.07 Å². The van der Waals surface area contributed by atoms with Crippen molar-refractivity contribution in [1.82, 2.24) is 4.90 Å². The Kier molecular flexibility index (Phi) is 5.47. The van der Waals surface area contributed by atoms with E-state index in [9.17, 15) is 9.18 Å². The van der Waals surface area contributed by atoms with Crippen LogP contribution in [0, 0.1) is 5.82 Å². The van der Waals surface area contributed by atoms with Gasteiger partial charge in [-0.05, 0) is 42.2 Å². The number of halogens is 1. The van der Waals surface area contributed by atoms with Gasteiger partial charge < -0.3 is 9.84 Å². The first kappa shape index (κ1) is 15.7. The fraction of sp³-hybridized carbons (Fsp3) is 0.438. The van der Waals surface area contributed by atoms with Crippen LogP contribution in [0.2, 0.25) is 0 Å². The van der Waals surface area contributed by atoms with Gasteiger partial charge in [-0.25, -0.2) is 9.18 Å². The van der Waals surface area contributed by atoms with E-state index in [-0.39, 0.29) is 5.82 Å². The average molecular weight is 293 g/mol. The molecule has 0 aliphatic heterocycles. The maximum absolute atomic E-state index is 13.6. The van der Waals surface area contributed by atoms with Crippen molar-refractivity contribution in [2.45, 2.75) is 25.4 Å². The third-order valence-corrected chi connectivity index (χ3v) is 3.43. The summed E-state index contributed by atoms with van der Waals surface area (Å²) in [7, 11) is 1.67. The molecular formula is C16H20FNO3. The van der Waals surface area contributed by atoms with Crippen LogP contribution >= 0.6 is 0 Å². The van der Waals surface area contributed by atoms with Crippen molar-refractivity contribution in [1.29, 1.82) is 0 Å². The molecule has 0 saturated heterocycles. The molecule has 0 amide bonds. The predicted octanol–water partition coefficient (Wildman–Crippen LogP) is 2.53. The first-order valence-corrected chi connectivity index (χ1v) is 7.02. The third kappa shape index (κ3) is 5.28. The first-order valence-electron chi connectivity index (χ1n) is 7.02. The van der Waals surface area contributed by atoms with Crippen LogP contribution in [-0.2, 0) is 16.1 Å². The van der Waals surface area contributed by atoms with E-state index in [0.29, 0.717) is 24.8 Å². The summed E-state index contributed by atoms with van der Waals surface area (Å²) < 4.78 is 18.8. The number of hydrogen-bond acceptors (Lipinski definition) is 3. The summed E-state index contributed by atoms with van der Waals surface area (Å²) in [5, 5.41) is 8.63. The van der Waals surface area contributed by atoms with Crippen molar-refractivity contribution in [2.75, 3.05) is 20.3 Å². The quantitative estimate of drug-likeness (QED) is 0.748. The zero-order chi connectivity index (χ0) is 15.2. The summed E-state index contributed by atoms with van der Waals surface area (Å²) in [6.45, 7) is 2.12. The topological polar surface area (TPSA) is 49.8 Å². The Morgan fingerprint density at radius 3 is 2.86 bits per heavy atom. The zero-order valence-corrected chi connectivity index (χ0v) is 12.1. The molecular weight excluding hydrogens is 273 g/mol. The average Bonchev–Trinajstić information content (AvgIpc) is 3.25. The lowest BCUT2D eigenvalue weighted by Crippen LogP contribution is -2.29. The molecule has 0 unspecified atom stereocenters. The summed E-state index contributed by atoms with van der Waals surface area (Å²) in [5.41, 5.74) is 1.41. The van der Waals surface area contributed by atoms with Crippen molar-refractivity contribution in [3.63, 3.8) is 0 Å². The fourth-order valence-electron chi connectivity index (χ4n) is 2.30. The van der Waals surface area contributed by atoms with Crippen LogP contribution in [0.3, 0.4) is 0 Å². The van der Waals surface area contributed by atoms with E-state index in [1.165, 1.54) is 31.1 Å². The molecule has 114 valence electrons. The smallest absolute Gasteiger partial charge is 0.328 e. The van der Waals surface area contributed by atoms with Gasteiger partial charge in [-0.3, -0.25) is 4.90 Å². The van der Waals surface area contributed by atoms with E-state index in [4.69, 9.17) is 9.84 Å². The largest absolute Gasteiger partial charge is 0.478 e. The molecule has 1 aliphatic carbocycles. The van der Waals surface area contributed by atoms with Crippen LogP contribution in [0.4, 0.5) is 4.39 Å². The molecule has 0 radical (unpaired) electrons. The molecule has 0 spiro atoms. The van der Waals surface area contributed by atoms with Gasteiger partial charge >= 0.3 is 5.97 Å². The number of aliphatic carboxylic acids is 1. The van der Waals surface area contributed by atoms with Crippen LogP contribution in [0.5, 0.6) is 0 Å². The molecule has 0 bridgehead atoms. The first-order chi connectivity index (χ1) is 10.1. The summed E-state index contributed by atoms with van der Waals surface area (Å²) in [4.78, 5) is 12.8. The molecule has 1 N–H and O–H groups in total. The lowest BCUT2D eigenvalue weighted by molar-refractivity contribution is -0.131. The van der Waals surface area contributed by atoms with Crippen LogP contribution in [0.25, 0.3) is 6.08 Å². The Labute approximate surface area is 123 Å². The minimum Gasteiger partial charge on any atom is -0.478 e. The SMILES string of the molecule is COCCN(Cc1cc(F)cc(C=CC(=O)O)c1)C1CC1. The monoisotopic (exact) mass is 293 g/mol. The van der Waals surface area contributed by atoms with Crippen molar-refractivity contribution in [3.05, 3.63) is 41.2 Å². The highest BCUT2D eigenvalue weighted by Crippen LogP contribution is 2.28. The van der Waals surface area contributed by atoms with Gasteiger partial charge in [-0.15, -0.1) is 0 Å². The highest BCUT2D eigenvalue weighted by molar-refractivity contribution is 5.85. The predicted molar refractivity (Wildman–Crippen MR) is 78.4 cm³/mol. The van der Waals surface area contributed by atoms with Gasteiger partial charge in [0.15, 0.2) is 0 Å². The molecule has 1 aromatic rings.